The maximum absolute atomic E-state index is 11.6. The van der Waals surface area contributed by atoms with E-state index in [9.17, 15) is 9.90 Å². The minimum atomic E-state index is 0.0266. The summed E-state index contributed by atoms with van der Waals surface area (Å²) in [4.78, 5) is 11.6. The van der Waals surface area contributed by atoms with Crippen LogP contribution in [0.15, 0.2) is 24.3 Å². The van der Waals surface area contributed by atoms with Gasteiger partial charge >= 0.3 is 0 Å². The Bertz CT molecular complexity index is 397. The van der Waals surface area contributed by atoms with Gasteiger partial charge in [-0.1, -0.05) is 19.1 Å². The summed E-state index contributed by atoms with van der Waals surface area (Å²) in [6, 6.07) is 6.82. The Labute approximate surface area is 95.5 Å². The zero-order chi connectivity index (χ0) is 11.6. The molecule has 0 aliphatic heterocycles. The van der Waals surface area contributed by atoms with Crippen molar-refractivity contribution in [3.63, 3.8) is 0 Å². The standard InChI is InChI=1S/C13H17NO2/c1-13(5-6-13)9-14-12(16)8-10-3-2-4-11(15)7-10/h2-4,7,15H,5-6,8-9H2,1H3,(H,14,16). The second-order valence-corrected chi connectivity index (χ2v) is 4.93. The number of phenols is 1. The van der Waals surface area contributed by atoms with Crippen LogP contribution in [0.4, 0.5) is 0 Å². The van der Waals surface area contributed by atoms with Crippen LogP contribution < -0.4 is 5.32 Å². The van der Waals surface area contributed by atoms with Gasteiger partial charge in [-0.25, -0.2) is 0 Å². The molecule has 0 unspecified atom stereocenters. The number of carbonyl (C=O) groups excluding carboxylic acids is 1. The molecule has 86 valence electrons. The molecule has 0 heterocycles. The zero-order valence-corrected chi connectivity index (χ0v) is 9.49. The van der Waals surface area contributed by atoms with Gasteiger partial charge in [0.1, 0.15) is 5.75 Å². The Balaban J connectivity index is 1.82. The maximum atomic E-state index is 11.6. The molecular weight excluding hydrogens is 202 g/mol. The molecule has 1 aromatic carbocycles. The van der Waals surface area contributed by atoms with Gasteiger partial charge in [-0.3, -0.25) is 4.79 Å². The van der Waals surface area contributed by atoms with Crippen LogP contribution in [0, 0.1) is 5.41 Å². The molecule has 1 aliphatic carbocycles. The van der Waals surface area contributed by atoms with E-state index in [-0.39, 0.29) is 11.7 Å². The summed E-state index contributed by atoms with van der Waals surface area (Å²) in [5.74, 6) is 0.234. The normalized spacial score (nSPS) is 16.8. The van der Waals surface area contributed by atoms with Gasteiger partial charge in [0.2, 0.25) is 5.91 Å². The first-order chi connectivity index (χ1) is 7.57. The number of amides is 1. The summed E-state index contributed by atoms with van der Waals surface area (Å²) in [7, 11) is 0. The molecule has 0 aromatic heterocycles. The van der Waals surface area contributed by atoms with E-state index in [0.717, 1.165) is 12.1 Å². The van der Waals surface area contributed by atoms with E-state index in [4.69, 9.17) is 0 Å². The Morgan fingerprint density at radius 1 is 1.50 bits per heavy atom. The van der Waals surface area contributed by atoms with Gasteiger partial charge in [-0.05, 0) is 36.0 Å². The molecular formula is C13H17NO2. The summed E-state index contributed by atoms with van der Waals surface area (Å²) in [6.07, 6.45) is 2.75. The predicted molar refractivity (Wildman–Crippen MR) is 62.2 cm³/mol. The molecule has 0 spiro atoms. The fourth-order valence-corrected chi connectivity index (χ4v) is 1.62. The molecule has 2 N–H and O–H groups in total. The number of carbonyl (C=O) groups is 1. The number of benzene rings is 1. The number of hydrogen-bond acceptors (Lipinski definition) is 2. The highest BCUT2D eigenvalue weighted by Crippen LogP contribution is 2.43. The van der Waals surface area contributed by atoms with Gasteiger partial charge in [-0.15, -0.1) is 0 Å². The van der Waals surface area contributed by atoms with E-state index in [2.05, 4.69) is 12.2 Å². The number of phenolic OH excluding ortho intramolecular Hbond substituents is 1. The van der Waals surface area contributed by atoms with E-state index < -0.39 is 0 Å². The lowest BCUT2D eigenvalue weighted by atomic mass is 10.1. The third-order valence-electron chi connectivity index (χ3n) is 3.09. The minimum Gasteiger partial charge on any atom is -0.508 e. The lowest BCUT2D eigenvalue weighted by molar-refractivity contribution is -0.120. The van der Waals surface area contributed by atoms with Crippen molar-refractivity contribution >= 4 is 5.91 Å². The molecule has 0 radical (unpaired) electrons. The predicted octanol–water partition coefficient (Wildman–Crippen LogP) is 1.85. The number of rotatable bonds is 4. The van der Waals surface area contributed by atoms with Gasteiger partial charge < -0.3 is 10.4 Å². The maximum Gasteiger partial charge on any atom is 0.224 e. The van der Waals surface area contributed by atoms with Crippen LogP contribution in [0.3, 0.4) is 0 Å². The molecule has 1 aliphatic rings. The summed E-state index contributed by atoms with van der Waals surface area (Å²) in [5, 5.41) is 12.2. The average molecular weight is 219 g/mol. The van der Waals surface area contributed by atoms with Crippen molar-refractivity contribution in [2.75, 3.05) is 6.54 Å². The highest BCUT2D eigenvalue weighted by molar-refractivity contribution is 5.78. The van der Waals surface area contributed by atoms with E-state index in [1.54, 1.807) is 18.2 Å². The van der Waals surface area contributed by atoms with Crippen molar-refractivity contribution in [3.05, 3.63) is 29.8 Å². The van der Waals surface area contributed by atoms with Crippen molar-refractivity contribution < 1.29 is 9.90 Å². The molecule has 2 rings (SSSR count). The monoisotopic (exact) mass is 219 g/mol. The van der Waals surface area contributed by atoms with E-state index >= 15 is 0 Å². The van der Waals surface area contributed by atoms with Crippen LogP contribution in [0.25, 0.3) is 0 Å². The molecule has 0 atom stereocenters. The molecule has 1 aromatic rings. The first-order valence-corrected chi connectivity index (χ1v) is 5.62. The molecule has 1 fully saturated rings. The zero-order valence-electron chi connectivity index (χ0n) is 9.49. The molecule has 3 heteroatoms. The summed E-state index contributed by atoms with van der Waals surface area (Å²) >= 11 is 0. The van der Waals surface area contributed by atoms with Gasteiger partial charge in [0.25, 0.3) is 0 Å². The van der Waals surface area contributed by atoms with Gasteiger partial charge in [0, 0.05) is 6.54 Å². The number of hydrogen-bond donors (Lipinski definition) is 2. The molecule has 0 bridgehead atoms. The lowest BCUT2D eigenvalue weighted by Gasteiger charge is -2.10. The highest BCUT2D eigenvalue weighted by Gasteiger charge is 2.37. The first kappa shape index (κ1) is 11.0. The fraction of sp³-hybridized carbons (Fsp3) is 0.462. The van der Waals surface area contributed by atoms with Crippen LogP contribution in [-0.2, 0) is 11.2 Å². The quantitative estimate of drug-likeness (QED) is 0.812. The third-order valence-corrected chi connectivity index (χ3v) is 3.09. The van der Waals surface area contributed by atoms with Crippen LogP contribution in [0.5, 0.6) is 5.75 Å². The second kappa shape index (κ2) is 4.16. The van der Waals surface area contributed by atoms with Crippen molar-refractivity contribution in [1.82, 2.24) is 5.32 Å². The largest absolute Gasteiger partial charge is 0.508 e. The minimum absolute atomic E-state index is 0.0266. The Morgan fingerprint density at radius 3 is 2.88 bits per heavy atom. The topological polar surface area (TPSA) is 49.3 Å². The van der Waals surface area contributed by atoms with Crippen LogP contribution in [-0.4, -0.2) is 17.6 Å². The van der Waals surface area contributed by atoms with E-state index in [1.807, 2.05) is 6.07 Å². The van der Waals surface area contributed by atoms with E-state index in [0.29, 0.717) is 11.8 Å². The lowest BCUT2D eigenvalue weighted by Crippen LogP contribution is -2.30. The molecule has 16 heavy (non-hydrogen) atoms. The Morgan fingerprint density at radius 2 is 2.25 bits per heavy atom. The number of nitrogens with one attached hydrogen (secondary N) is 1. The van der Waals surface area contributed by atoms with Gasteiger partial charge in [0.15, 0.2) is 0 Å². The Kier molecular flexibility index (Phi) is 2.86. The summed E-state index contributed by atoms with van der Waals surface area (Å²) < 4.78 is 0. The second-order valence-electron chi connectivity index (χ2n) is 4.93. The smallest absolute Gasteiger partial charge is 0.224 e. The van der Waals surface area contributed by atoms with Crippen LogP contribution >= 0.6 is 0 Å². The average Bonchev–Trinajstić information content (AvgIpc) is 2.95. The third kappa shape index (κ3) is 2.99. The first-order valence-electron chi connectivity index (χ1n) is 5.62. The molecule has 0 saturated heterocycles. The molecule has 1 amide bonds. The van der Waals surface area contributed by atoms with Crippen molar-refractivity contribution in [1.29, 1.82) is 0 Å². The summed E-state index contributed by atoms with van der Waals surface area (Å²) in [6.45, 7) is 2.95. The van der Waals surface area contributed by atoms with Gasteiger partial charge in [0.05, 0.1) is 6.42 Å². The fourth-order valence-electron chi connectivity index (χ4n) is 1.62. The highest BCUT2D eigenvalue weighted by atomic mass is 16.3. The van der Waals surface area contributed by atoms with Crippen molar-refractivity contribution in [3.8, 4) is 5.75 Å². The number of aromatic hydroxyl groups is 1. The SMILES string of the molecule is CC1(CNC(=O)Cc2cccc(O)c2)CC1. The van der Waals surface area contributed by atoms with Crippen LogP contribution in [0.2, 0.25) is 0 Å². The van der Waals surface area contributed by atoms with Gasteiger partial charge in [-0.2, -0.15) is 0 Å². The van der Waals surface area contributed by atoms with E-state index in [1.165, 1.54) is 12.8 Å². The molecule has 1 saturated carbocycles. The van der Waals surface area contributed by atoms with Crippen LogP contribution in [0.1, 0.15) is 25.3 Å². The Hall–Kier alpha value is -1.51. The molecule has 3 nitrogen and oxygen atoms in total. The summed E-state index contributed by atoms with van der Waals surface area (Å²) in [5.41, 5.74) is 1.19. The van der Waals surface area contributed by atoms with Crippen molar-refractivity contribution in [2.24, 2.45) is 5.41 Å². The van der Waals surface area contributed by atoms with Crippen molar-refractivity contribution in [2.45, 2.75) is 26.2 Å².